The third-order valence-corrected chi connectivity index (χ3v) is 4.91. The molecule has 1 aliphatic rings. The zero-order chi connectivity index (χ0) is 19.6. The van der Waals surface area contributed by atoms with Crippen LogP contribution < -0.4 is 21.3 Å². The van der Waals surface area contributed by atoms with Crippen molar-refractivity contribution in [2.24, 2.45) is 5.73 Å². The lowest BCUT2D eigenvalue weighted by atomic mass is 10.1. The van der Waals surface area contributed by atoms with Gasteiger partial charge >= 0.3 is 0 Å². The molecule has 166 valence electrons. The second kappa shape index (κ2) is 14.5. The van der Waals surface area contributed by atoms with E-state index in [-0.39, 0.29) is 42.7 Å². The molecule has 2 rings (SSSR count). The lowest BCUT2D eigenvalue weighted by Gasteiger charge is -2.21. The summed E-state index contributed by atoms with van der Waals surface area (Å²) < 4.78 is 0. The van der Waals surface area contributed by atoms with Gasteiger partial charge in [-0.2, -0.15) is 0 Å². The highest BCUT2D eigenvalue weighted by molar-refractivity contribution is 5.97. The van der Waals surface area contributed by atoms with Crippen molar-refractivity contribution in [1.82, 2.24) is 5.32 Å². The van der Waals surface area contributed by atoms with E-state index in [1.807, 2.05) is 25.1 Å². The molecule has 8 heteroatoms. The molecular formula is C21H36Cl2N4O2. The molecule has 0 radical (unpaired) electrons. The number of nitrogens with two attached hydrogens (primary N) is 1. The first-order valence-electron chi connectivity index (χ1n) is 10.2. The van der Waals surface area contributed by atoms with Crippen LogP contribution in [0.2, 0.25) is 0 Å². The SMILES string of the molecule is CCCCC(NC(=O)CCC(C)N)C(=O)Nc1cccc(N2CCCC2)c1.Cl.Cl. The number of rotatable bonds is 10. The van der Waals surface area contributed by atoms with Gasteiger partial charge < -0.3 is 21.3 Å². The van der Waals surface area contributed by atoms with Crippen molar-refractivity contribution in [1.29, 1.82) is 0 Å². The lowest BCUT2D eigenvalue weighted by Crippen LogP contribution is -2.44. The minimum atomic E-state index is -0.513. The van der Waals surface area contributed by atoms with Gasteiger partial charge in [0.2, 0.25) is 11.8 Å². The molecule has 0 aliphatic carbocycles. The maximum Gasteiger partial charge on any atom is 0.246 e. The van der Waals surface area contributed by atoms with Gasteiger partial charge in [0.25, 0.3) is 0 Å². The molecule has 4 N–H and O–H groups in total. The van der Waals surface area contributed by atoms with E-state index in [1.165, 1.54) is 12.8 Å². The van der Waals surface area contributed by atoms with Crippen LogP contribution >= 0.6 is 24.8 Å². The van der Waals surface area contributed by atoms with Crippen molar-refractivity contribution in [3.8, 4) is 0 Å². The fourth-order valence-corrected chi connectivity index (χ4v) is 3.29. The lowest BCUT2D eigenvalue weighted by molar-refractivity contribution is -0.126. The van der Waals surface area contributed by atoms with E-state index < -0.39 is 6.04 Å². The van der Waals surface area contributed by atoms with Gasteiger partial charge in [-0.25, -0.2) is 0 Å². The minimum absolute atomic E-state index is 0. The van der Waals surface area contributed by atoms with Gasteiger partial charge in [-0.1, -0.05) is 25.8 Å². The van der Waals surface area contributed by atoms with Gasteiger partial charge in [-0.15, -0.1) is 24.8 Å². The average molecular weight is 447 g/mol. The molecule has 1 aliphatic heterocycles. The van der Waals surface area contributed by atoms with Crippen LogP contribution in [0.1, 0.15) is 58.8 Å². The Bertz CT molecular complexity index is 622. The summed E-state index contributed by atoms with van der Waals surface area (Å²) in [6.45, 7) is 6.08. The molecule has 0 bridgehead atoms. The van der Waals surface area contributed by atoms with Crippen LogP contribution in [0, 0.1) is 0 Å². The van der Waals surface area contributed by atoms with Gasteiger partial charge in [0.05, 0.1) is 0 Å². The summed E-state index contributed by atoms with van der Waals surface area (Å²) in [5.41, 5.74) is 7.63. The van der Waals surface area contributed by atoms with Crippen molar-refractivity contribution in [3.63, 3.8) is 0 Å². The summed E-state index contributed by atoms with van der Waals surface area (Å²) in [5.74, 6) is -0.273. The predicted octanol–water partition coefficient (Wildman–Crippen LogP) is 3.87. The molecule has 0 aromatic heterocycles. The molecule has 1 fully saturated rings. The van der Waals surface area contributed by atoms with Crippen molar-refractivity contribution >= 4 is 48.0 Å². The summed E-state index contributed by atoms with van der Waals surface area (Å²) in [5, 5.41) is 5.86. The van der Waals surface area contributed by atoms with E-state index in [9.17, 15) is 9.59 Å². The Labute approximate surface area is 187 Å². The maximum absolute atomic E-state index is 12.8. The van der Waals surface area contributed by atoms with Crippen LogP contribution in [0.4, 0.5) is 11.4 Å². The van der Waals surface area contributed by atoms with Gasteiger partial charge in [-0.3, -0.25) is 9.59 Å². The molecule has 2 atom stereocenters. The maximum atomic E-state index is 12.8. The molecule has 2 unspecified atom stereocenters. The molecule has 1 aromatic carbocycles. The summed E-state index contributed by atoms with van der Waals surface area (Å²) in [6.07, 6.45) is 5.89. The average Bonchev–Trinajstić information content (AvgIpc) is 3.18. The first-order chi connectivity index (χ1) is 13.0. The zero-order valence-electron chi connectivity index (χ0n) is 17.5. The second-order valence-electron chi connectivity index (χ2n) is 7.51. The molecular weight excluding hydrogens is 411 g/mol. The fraction of sp³-hybridized carbons (Fsp3) is 0.619. The van der Waals surface area contributed by atoms with E-state index in [4.69, 9.17) is 5.73 Å². The highest BCUT2D eigenvalue weighted by atomic mass is 35.5. The molecule has 1 aromatic rings. The summed E-state index contributed by atoms with van der Waals surface area (Å²) in [7, 11) is 0. The number of benzene rings is 1. The summed E-state index contributed by atoms with van der Waals surface area (Å²) in [6, 6.07) is 7.41. The number of nitrogens with zero attached hydrogens (tertiary/aromatic N) is 1. The number of hydrogen-bond donors (Lipinski definition) is 3. The third-order valence-electron chi connectivity index (χ3n) is 4.91. The number of halogens is 2. The highest BCUT2D eigenvalue weighted by Crippen LogP contribution is 2.23. The van der Waals surface area contributed by atoms with Gasteiger partial charge in [0, 0.05) is 36.9 Å². The first kappa shape index (κ1) is 27.5. The van der Waals surface area contributed by atoms with Crippen molar-refractivity contribution in [3.05, 3.63) is 24.3 Å². The molecule has 1 saturated heterocycles. The van der Waals surface area contributed by atoms with Crippen LogP contribution in [0.25, 0.3) is 0 Å². The van der Waals surface area contributed by atoms with E-state index in [1.54, 1.807) is 0 Å². The highest BCUT2D eigenvalue weighted by Gasteiger charge is 2.21. The van der Waals surface area contributed by atoms with Crippen molar-refractivity contribution in [2.75, 3.05) is 23.3 Å². The van der Waals surface area contributed by atoms with Crippen LogP contribution in [0.3, 0.4) is 0 Å². The Hall–Kier alpha value is -1.50. The Kier molecular flexibility index (Phi) is 13.7. The molecule has 0 spiro atoms. The summed E-state index contributed by atoms with van der Waals surface area (Å²) >= 11 is 0. The number of anilines is 2. The predicted molar refractivity (Wildman–Crippen MR) is 125 cm³/mol. The summed E-state index contributed by atoms with van der Waals surface area (Å²) in [4.78, 5) is 27.2. The molecule has 0 saturated carbocycles. The number of amides is 2. The van der Waals surface area contributed by atoms with Gasteiger partial charge in [-0.05, 0) is 50.8 Å². The van der Waals surface area contributed by atoms with E-state index >= 15 is 0 Å². The smallest absolute Gasteiger partial charge is 0.246 e. The first-order valence-corrected chi connectivity index (χ1v) is 10.2. The van der Waals surface area contributed by atoms with Gasteiger partial charge in [0.1, 0.15) is 6.04 Å². The van der Waals surface area contributed by atoms with Crippen LogP contribution in [-0.4, -0.2) is 37.0 Å². The Morgan fingerprint density at radius 2 is 1.86 bits per heavy atom. The largest absolute Gasteiger partial charge is 0.371 e. The molecule has 2 amide bonds. The minimum Gasteiger partial charge on any atom is -0.371 e. The van der Waals surface area contributed by atoms with Crippen molar-refractivity contribution < 1.29 is 9.59 Å². The Morgan fingerprint density at radius 1 is 1.17 bits per heavy atom. The Morgan fingerprint density at radius 3 is 2.48 bits per heavy atom. The van der Waals surface area contributed by atoms with Crippen molar-refractivity contribution in [2.45, 2.75) is 70.9 Å². The second-order valence-corrected chi connectivity index (χ2v) is 7.51. The van der Waals surface area contributed by atoms with Gasteiger partial charge in [0.15, 0.2) is 0 Å². The van der Waals surface area contributed by atoms with Crippen LogP contribution in [0.15, 0.2) is 24.3 Å². The number of carbonyl (C=O) groups excluding carboxylic acids is 2. The normalized spacial score (nSPS) is 14.9. The van der Waals surface area contributed by atoms with E-state index in [0.29, 0.717) is 19.3 Å². The topological polar surface area (TPSA) is 87.5 Å². The molecule has 1 heterocycles. The van der Waals surface area contributed by atoms with E-state index in [2.05, 4.69) is 28.5 Å². The molecule has 6 nitrogen and oxygen atoms in total. The van der Waals surface area contributed by atoms with E-state index in [0.717, 1.165) is 37.3 Å². The van der Waals surface area contributed by atoms with Crippen LogP contribution in [0.5, 0.6) is 0 Å². The monoisotopic (exact) mass is 446 g/mol. The third kappa shape index (κ3) is 9.70. The number of carbonyl (C=O) groups is 2. The van der Waals surface area contributed by atoms with Crippen LogP contribution in [-0.2, 0) is 9.59 Å². The number of nitrogens with one attached hydrogen (secondary N) is 2. The quantitative estimate of drug-likeness (QED) is 0.508. The Balaban J connectivity index is 0.00000392. The number of unbranched alkanes of at least 4 members (excludes halogenated alkanes) is 1. The standard InChI is InChI=1S/C21H34N4O2.2ClH/c1-3-4-10-19(24-20(26)12-11-16(2)22)21(27)23-17-8-7-9-18(15-17)25-13-5-6-14-25;;/h7-9,15-16,19H,3-6,10-14,22H2,1-2H3,(H,23,27)(H,24,26);2*1H. The zero-order valence-corrected chi connectivity index (χ0v) is 19.1. The fourth-order valence-electron chi connectivity index (χ4n) is 3.29. The number of hydrogen-bond acceptors (Lipinski definition) is 4. The molecule has 29 heavy (non-hydrogen) atoms.